The molecule has 0 aromatic carbocycles. The van der Waals surface area contributed by atoms with Gasteiger partial charge in [-0.2, -0.15) is 13.3 Å². The zero-order valence-electron chi connectivity index (χ0n) is 6.24. The average molecular weight is 217 g/mol. The van der Waals surface area contributed by atoms with Gasteiger partial charge in [0.05, 0.1) is 0 Å². The van der Waals surface area contributed by atoms with Crippen molar-refractivity contribution in [3.05, 3.63) is 13.8 Å². The Labute approximate surface area is 79.3 Å². The smallest absolute Gasteiger partial charge is 0.346 e. The Kier molecular flexibility index (Phi) is 117. The van der Waals surface area contributed by atoms with E-state index in [1.165, 1.54) is 6.42 Å². The van der Waals surface area contributed by atoms with Crippen LogP contribution >= 0.6 is 0 Å². The second-order valence-corrected chi connectivity index (χ2v) is 0.854. The van der Waals surface area contributed by atoms with E-state index in [0.717, 1.165) is 6.42 Å². The molecule has 0 spiro atoms. The van der Waals surface area contributed by atoms with Crippen molar-refractivity contribution in [3.63, 3.8) is 0 Å². The van der Waals surface area contributed by atoms with E-state index in [2.05, 4.69) is 20.8 Å². The molecule has 0 radical (unpaired) electrons. The molecule has 0 aromatic rings. The number of rotatable bonds is 1. The topological polar surface area (TPSA) is 0 Å². The van der Waals surface area contributed by atoms with E-state index in [0.29, 0.717) is 0 Å². The van der Waals surface area contributed by atoms with Gasteiger partial charge < -0.3 is 13.8 Å². The van der Waals surface area contributed by atoms with Crippen LogP contribution in [0, 0.1) is 13.8 Å². The fourth-order valence-corrected chi connectivity index (χ4v) is 0. The molecule has 0 aliphatic rings. The fourth-order valence-electron chi connectivity index (χ4n) is 0. The SMILES string of the molecule is [CH2-]C.[CH2-]CCC.[Zn+2].[Zn]. The van der Waals surface area contributed by atoms with Crippen LogP contribution in [0.3, 0.4) is 0 Å². The number of unbranched alkanes of at least 4 members (excludes halogenated alkanes) is 1. The summed E-state index contributed by atoms with van der Waals surface area (Å²) in [6, 6.07) is 0. The first kappa shape index (κ1) is 22.8. The minimum Gasteiger partial charge on any atom is -0.346 e. The quantitative estimate of drug-likeness (QED) is 0.467. The summed E-state index contributed by atoms with van der Waals surface area (Å²) in [6.07, 6.45) is 2.28. The maximum Gasteiger partial charge on any atom is 2.00 e. The molecule has 0 rings (SSSR count). The minimum atomic E-state index is 0. The molecular weight excluding hydrogens is 203 g/mol. The van der Waals surface area contributed by atoms with Crippen LogP contribution in [-0.2, 0) is 39.0 Å². The van der Waals surface area contributed by atoms with Crippen molar-refractivity contribution in [1.29, 1.82) is 0 Å². The van der Waals surface area contributed by atoms with Crippen LogP contribution in [0.15, 0.2) is 0 Å². The van der Waals surface area contributed by atoms with Gasteiger partial charge in [0, 0.05) is 19.5 Å². The molecule has 0 saturated heterocycles. The fraction of sp³-hybridized carbons (Fsp3) is 0.667. The second kappa shape index (κ2) is 41.1. The maximum absolute atomic E-state index is 3.60. The molecular formula is C6H14Zn2. The van der Waals surface area contributed by atoms with Crippen LogP contribution < -0.4 is 0 Å². The molecule has 0 unspecified atom stereocenters. The Morgan fingerprint density at radius 3 is 1.38 bits per heavy atom. The maximum atomic E-state index is 3.60. The van der Waals surface area contributed by atoms with E-state index in [1.807, 2.05) is 0 Å². The van der Waals surface area contributed by atoms with Crippen LogP contribution in [0.5, 0.6) is 0 Å². The summed E-state index contributed by atoms with van der Waals surface area (Å²) < 4.78 is 0. The van der Waals surface area contributed by atoms with Crippen LogP contribution in [0.4, 0.5) is 0 Å². The summed E-state index contributed by atoms with van der Waals surface area (Å²) in [6.45, 7) is 10.7. The van der Waals surface area contributed by atoms with Crippen molar-refractivity contribution in [2.75, 3.05) is 0 Å². The molecule has 0 aliphatic carbocycles. The van der Waals surface area contributed by atoms with Gasteiger partial charge in [-0.3, -0.25) is 0 Å². The molecule has 2 heteroatoms. The first-order valence-corrected chi connectivity index (χ1v) is 2.41. The number of hydrogen-bond acceptors (Lipinski definition) is 0. The third kappa shape index (κ3) is 56.0. The second-order valence-electron chi connectivity index (χ2n) is 0.854. The molecule has 0 saturated carbocycles. The molecule has 8 heavy (non-hydrogen) atoms. The molecule has 42 valence electrons. The third-order valence-electron chi connectivity index (χ3n) is 0.354. The monoisotopic (exact) mass is 214 g/mol. The van der Waals surface area contributed by atoms with Crippen LogP contribution in [0.1, 0.15) is 26.7 Å². The summed E-state index contributed by atoms with van der Waals surface area (Å²) >= 11 is 0. The third-order valence-corrected chi connectivity index (χ3v) is 0.354. The van der Waals surface area contributed by atoms with Gasteiger partial charge in [0.25, 0.3) is 0 Å². The van der Waals surface area contributed by atoms with Gasteiger partial charge in [-0.15, -0.1) is 0 Å². The molecule has 0 atom stereocenters. The van der Waals surface area contributed by atoms with Crippen LogP contribution in [0.2, 0.25) is 0 Å². The van der Waals surface area contributed by atoms with Gasteiger partial charge in [-0.25, -0.2) is 0 Å². The van der Waals surface area contributed by atoms with Crippen molar-refractivity contribution < 1.29 is 39.0 Å². The van der Waals surface area contributed by atoms with Crippen molar-refractivity contribution >= 4 is 0 Å². The van der Waals surface area contributed by atoms with Crippen LogP contribution in [0.25, 0.3) is 0 Å². The van der Waals surface area contributed by atoms with Crippen molar-refractivity contribution in [3.8, 4) is 0 Å². The van der Waals surface area contributed by atoms with Crippen LogP contribution in [-0.4, -0.2) is 0 Å². The number of hydrogen-bond donors (Lipinski definition) is 0. The van der Waals surface area contributed by atoms with E-state index in [-0.39, 0.29) is 39.0 Å². The largest absolute Gasteiger partial charge is 2.00 e. The van der Waals surface area contributed by atoms with Crippen molar-refractivity contribution in [2.45, 2.75) is 26.7 Å². The molecule has 0 bridgehead atoms. The Morgan fingerprint density at radius 1 is 1.25 bits per heavy atom. The summed E-state index contributed by atoms with van der Waals surface area (Å²) in [5.41, 5.74) is 0. The van der Waals surface area contributed by atoms with Gasteiger partial charge in [-0.1, -0.05) is 13.3 Å². The Balaban J connectivity index is -0.0000000183. The summed E-state index contributed by atoms with van der Waals surface area (Å²) in [4.78, 5) is 0. The van der Waals surface area contributed by atoms with E-state index >= 15 is 0 Å². The van der Waals surface area contributed by atoms with Gasteiger partial charge in [0.1, 0.15) is 0 Å². The predicted molar refractivity (Wildman–Crippen MR) is 31.3 cm³/mol. The first-order valence-electron chi connectivity index (χ1n) is 2.41. The molecule has 0 amide bonds. The predicted octanol–water partition coefficient (Wildman–Crippen LogP) is 2.46. The molecule has 0 heterocycles. The van der Waals surface area contributed by atoms with Gasteiger partial charge in [0.2, 0.25) is 0 Å². The molecule has 0 nitrogen and oxygen atoms in total. The summed E-state index contributed by atoms with van der Waals surface area (Å²) in [7, 11) is 0. The summed E-state index contributed by atoms with van der Waals surface area (Å²) in [5.74, 6) is 0. The Morgan fingerprint density at radius 2 is 1.38 bits per heavy atom. The molecule has 0 aliphatic heterocycles. The van der Waals surface area contributed by atoms with Crippen molar-refractivity contribution in [1.82, 2.24) is 0 Å². The first-order chi connectivity index (χ1) is 2.91. The Bertz CT molecular complexity index is 8.49. The molecule has 0 fully saturated rings. The minimum absolute atomic E-state index is 0. The van der Waals surface area contributed by atoms with Gasteiger partial charge in [0.15, 0.2) is 0 Å². The van der Waals surface area contributed by atoms with E-state index in [1.54, 1.807) is 6.92 Å². The normalized spacial score (nSPS) is 4.50. The molecule has 0 aromatic heterocycles. The standard InChI is InChI=1S/C4H9.C2H5.2Zn/c1-3-4-2;1-2;;/h1,3-4H2,2H3;1H2,2H3;;/q2*-1;;+2. The zero-order valence-corrected chi connectivity index (χ0v) is 12.2. The summed E-state index contributed by atoms with van der Waals surface area (Å²) in [5, 5.41) is 0. The molecule has 0 N–H and O–H groups in total. The van der Waals surface area contributed by atoms with Crippen molar-refractivity contribution in [2.24, 2.45) is 0 Å². The van der Waals surface area contributed by atoms with Gasteiger partial charge >= 0.3 is 19.5 Å². The van der Waals surface area contributed by atoms with E-state index in [4.69, 9.17) is 0 Å². The Hall–Kier alpha value is 1.25. The van der Waals surface area contributed by atoms with E-state index in [9.17, 15) is 0 Å². The average Bonchev–Trinajstić information content (AvgIpc) is 1.72. The van der Waals surface area contributed by atoms with Gasteiger partial charge in [-0.05, 0) is 0 Å². The van der Waals surface area contributed by atoms with E-state index < -0.39 is 0 Å². The zero-order chi connectivity index (χ0) is 5.41.